The molecule has 0 aliphatic heterocycles. The molecule has 2 aromatic rings. The number of hydrogen-bond donors (Lipinski definition) is 2. The number of hydrogen-bond acceptors (Lipinski definition) is 6. The van der Waals surface area contributed by atoms with Gasteiger partial charge in [0.1, 0.15) is 5.75 Å². The van der Waals surface area contributed by atoms with Crippen LogP contribution in [0.15, 0.2) is 53.5 Å². The number of nitrogens with zero attached hydrogens (tertiary/aromatic N) is 2. The summed E-state index contributed by atoms with van der Waals surface area (Å²) in [6.07, 6.45) is -0.444. The first-order valence-electron chi connectivity index (χ1n) is 10.8. The highest BCUT2D eigenvalue weighted by Crippen LogP contribution is 2.24. The second kappa shape index (κ2) is 11.3. The number of rotatable bonds is 8. The van der Waals surface area contributed by atoms with Crippen LogP contribution in [0, 0.1) is 5.41 Å². The number of nitrogens with two attached hydrogens (primary N) is 2. The summed E-state index contributed by atoms with van der Waals surface area (Å²) in [6.45, 7) is 5.94. The number of esters is 2. The van der Waals surface area contributed by atoms with Crippen molar-refractivity contribution >= 4 is 29.5 Å². The molecule has 34 heavy (non-hydrogen) atoms. The lowest BCUT2D eigenvalue weighted by molar-refractivity contribution is -0.160. The van der Waals surface area contributed by atoms with Crippen LogP contribution in [0.2, 0.25) is 0 Å². The Kier molecular flexibility index (Phi) is 8.77. The molecule has 1 unspecified atom stereocenters. The highest BCUT2D eigenvalue weighted by molar-refractivity contribution is 5.91. The van der Waals surface area contributed by atoms with Crippen LogP contribution < -0.4 is 16.2 Å². The Bertz CT molecular complexity index is 1030. The Morgan fingerprint density at radius 2 is 1.56 bits per heavy atom. The molecule has 0 aromatic heterocycles. The van der Waals surface area contributed by atoms with E-state index >= 15 is 0 Å². The maximum atomic E-state index is 12.5. The summed E-state index contributed by atoms with van der Waals surface area (Å²) in [5.74, 6) is -1.06. The Morgan fingerprint density at radius 1 is 0.971 bits per heavy atom. The summed E-state index contributed by atoms with van der Waals surface area (Å²) in [5, 5.41) is 0. The van der Waals surface area contributed by atoms with Gasteiger partial charge >= 0.3 is 11.9 Å². The number of carbonyl (C=O) groups excluding carboxylic acids is 3. The van der Waals surface area contributed by atoms with E-state index in [1.165, 1.54) is 4.90 Å². The average Bonchev–Trinajstić information content (AvgIpc) is 2.73. The second-order valence-electron chi connectivity index (χ2n) is 9.27. The van der Waals surface area contributed by atoms with Crippen LogP contribution in [-0.4, -0.2) is 48.9 Å². The van der Waals surface area contributed by atoms with Gasteiger partial charge in [0.05, 0.1) is 17.7 Å². The van der Waals surface area contributed by atoms with Crippen LogP contribution in [0.25, 0.3) is 0 Å². The van der Waals surface area contributed by atoms with Crippen LogP contribution in [0.4, 0.5) is 5.69 Å². The summed E-state index contributed by atoms with van der Waals surface area (Å²) < 4.78 is 10.9. The molecule has 0 spiro atoms. The first-order valence-corrected chi connectivity index (χ1v) is 10.8. The van der Waals surface area contributed by atoms with Gasteiger partial charge in [0.25, 0.3) is 5.91 Å². The van der Waals surface area contributed by atoms with Gasteiger partial charge < -0.3 is 25.8 Å². The zero-order valence-corrected chi connectivity index (χ0v) is 20.2. The summed E-state index contributed by atoms with van der Waals surface area (Å²) >= 11 is 0. The molecule has 0 radical (unpaired) electrons. The van der Waals surface area contributed by atoms with E-state index in [4.69, 9.17) is 20.9 Å². The van der Waals surface area contributed by atoms with Crippen molar-refractivity contribution in [3.05, 3.63) is 59.7 Å². The first-order chi connectivity index (χ1) is 15.8. The first kappa shape index (κ1) is 26.4. The smallest absolute Gasteiger partial charge is 0.343 e. The molecule has 0 aliphatic carbocycles. The predicted molar refractivity (Wildman–Crippen MR) is 130 cm³/mol. The molecule has 0 fully saturated rings. The molecule has 1 amide bonds. The Balaban J connectivity index is 1.98. The van der Waals surface area contributed by atoms with Crippen LogP contribution in [0.3, 0.4) is 0 Å². The van der Waals surface area contributed by atoms with Crippen molar-refractivity contribution in [2.75, 3.05) is 14.1 Å². The van der Waals surface area contributed by atoms with Crippen molar-refractivity contribution < 1.29 is 23.9 Å². The van der Waals surface area contributed by atoms with Gasteiger partial charge in [0.2, 0.25) is 0 Å². The lowest BCUT2D eigenvalue weighted by atomic mass is 9.89. The fraction of sp³-hybridized carbons (Fsp3) is 0.360. The van der Waals surface area contributed by atoms with Crippen LogP contribution in [-0.2, 0) is 20.7 Å². The molecule has 1 atom stereocenters. The van der Waals surface area contributed by atoms with Crippen LogP contribution >= 0.6 is 0 Å². The molecule has 0 aliphatic rings. The third-order valence-electron chi connectivity index (χ3n) is 4.63. The molecule has 0 saturated heterocycles. The minimum atomic E-state index is -0.846. The zero-order chi connectivity index (χ0) is 25.5. The SMILES string of the molecule is CN(C)C(=O)C(CC(C)(C)C)OC(=O)Cc1ccc(OC(=O)c2ccc(N=C(N)N)cc2)cc1. The normalized spacial score (nSPS) is 11.8. The molecule has 182 valence electrons. The summed E-state index contributed by atoms with van der Waals surface area (Å²) in [4.78, 5) is 42.6. The maximum Gasteiger partial charge on any atom is 0.343 e. The number of amides is 1. The maximum absolute atomic E-state index is 12.5. The summed E-state index contributed by atoms with van der Waals surface area (Å²) in [6, 6.07) is 12.8. The van der Waals surface area contributed by atoms with Gasteiger partial charge in [0, 0.05) is 14.1 Å². The van der Waals surface area contributed by atoms with E-state index in [-0.39, 0.29) is 23.7 Å². The molecule has 2 rings (SSSR count). The van der Waals surface area contributed by atoms with E-state index in [1.54, 1.807) is 62.6 Å². The summed E-state index contributed by atoms with van der Waals surface area (Å²) in [5.41, 5.74) is 12.0. The predicted octanol–water partition coefficient (Wildman–Crippen LogP) is 2.79. The lowest BCUT2D eigenvalue weighted by Gasteiger charge is -2.27. The van der Waals surface area contributed by atoms with E-state index in [0.717, 1.165) is 0 Å². The topological polar surface area (TPSA) is 137 Å². The fourth-order valence-electron chi connectivity index (χ4n) is 3.05. The van der Waals surface area contributed by atoms with Gasteiger partial charge in [-0.15, -0.1) is 0 Å². The number of likely N-dealkylation sites (N-methyl/N-ethyl adjacent to an activating group) is 1. The Labute approximate surface area is 199 Å². The number of aliphatic imine (C=N–C) groups is 1. The second-order valence-corrected chi connectivity index (χ2v) is 9.27. The van der Waals surface area contributed by atoms with Crippen molar-refractivity contribution in [3.8, 4) is 5.75 Å². The molecule has 2 aromatic carbocycles. The van der Waals surface area contributed by atoms with E-state index in [9.17, 15) is 14.4 Å². The van der Waals surface area contributed by atoms with E-state index < -0.39 is 18.0 Å². The molecule has 0 heterocycles. The standard InChI is InChI=1S/C25H32N4O5/c1-25(2,3)15-20(22(31)29(4)5)34-21(30)14-16-6-12-19(13-7-16)33-23(32)17-8-10-18(11-9-17)28-24(26)27/h6-13,20H,14-15H2,1-5H3,(H4,26,27,28). The molecule has 9 nitrogen and oxygen atoms in total. The van der Waals surface area contributed by atoms with Crippen molar-refractivity contribution in [2.45, 2.75) is 39.7 Å². The number of ether oxygens (including phenoxy) is 2. The molecule has 0 bridgehead atoms. The van der Waals surface area contributed by atoms with Crippen LogP contribution in [0.5, 0.6) is 5.75 Å². The quantitative estimate of drug-likeness (QED) is 0.263. The van der Waals surface area contributed by atoms with Crippen molar-refractivity contribution in [1.29, 1.82) is 0 Å². The lowest BCUT2D eigenvalue weighted by Crippen LogP contribution is -2.39. The van der Waals surface area contributed by atoms with E-state index in [2.05, 4.69) is 4.99 Å². The monoisotopic (exact) mass is 468 g/mol. The minimum absolute atomic E-state index is 0.0121. The van der Waals surface area contributed by atoms with Crippen molar-refractivity contribution in [3.63, 3.8) is 0 Å². The molecular weight excluding hydrogens is 436 g/mol. The van der Waals surface area contributed by atoms with Gasteiger partial charge in [-0.3, -0.25) is 9.59 Å². The van der Waals surface area contributed by atoms with E-state index in [0.29, 0.717) is 29.0 Å². The molecule has 0 saturated carbocycles. The largest absolute Gasteiger partial charge is 0.452 e. The third kappa shape index (κ3) is 8.57. The fourth-order valence-corrected chi connectivity index (χ4v) is 3.05. The number of carbonyl (C=O) groups is 3. The molecule has 4 N–H and O–H groups in total. The van der Waals surface area contributed by atoms with E-state index in [1.807, 2.05) is 20.8 Å². The van der Waals surface area contributed by atoms with Crippen molar-refractivity contribution in [1.82, 2.24) is 4.90 Å². The summed E-state index contributed by atoms with van der Waals surface area (Å²) in [7, 11) is 3.26. The Hall–Kier alpha value is -3.88. The van der Waals surface area contributed by atoms with Crippen LogP contribution in [0.1, 0.15) is 43.1 Å². The van der Waals surface area contributed by atoms with Crippen molar-refractivity contribution in [2.24, 2.45) is 21.9 Å². The minimum Gasteiger partial charge on any atom is -0.452 e. The van der Waals surface area contributed by atoms with Gasteiger partial charge in [-0.25, -0.2) is 9.79 Å². The zero-order valence-electron chi connectivity index (χ0n) is 20.2. The van der Waals surface area contributed by atoms with Gasteiger partial charge in [-0.2, -0.15) is 0 Å². The number of guanidine groups is 1. The molecule has 9 heteroatoms. The third-order valence-corrected chi connectivity index (χ3v) is 4.63. The van der Waals surface area contributed by atoms with Gasteiger partial charge in [-0.1, -0.05) is 32.9 Å². The average molecular weight is 469 g/mol. The highest BCUT2D eigenvalue weighted by atomic mass is 16.5. The van der Waals surface area contributed by atoms with Gasteiger partial charge in [-0.05, 0) is 53.8 Å². The Morgan fingerprint density at radius 3 is 2.06 bits per heavy atom. The molecular formula is C25H32N4O5. The number of benzene rings is 2. The highest BCUT2D eigenvalue weighted by Gasteiger charge is 2.29. The van der Waals surface area contributed by atoms with Gasteiger partial charge in [0.15, 0.2) is 12.1 Å².